The van der Waals surface area contributed by atoms with E-state index in [4.69, 9.17) is 4.99 Å². The summed E-state index contributed by atoms with van der Waals surface area (Å²) in [6.07, 6.45) is 10.2. The molecule has 2 nitrogen and oxygen atoms in total. The van der Waals surface area contributed by atoms with E-state index in [0.717, 1.165) is 30.3 Å². The fourth-order valence-corrected chi connectivity index (χ4v) is 4.05. The van der Waals surface area contributed by atoms with Crippen molar-refractivity contribution < 1.29 is 0 Å². The van der Waals surface area contributed by atoms with Crippen LogP contribution in [-0.2, 0) is 0 Å². The van der Waals surface area contributed by atoms with E-state index in [1.54, 1.807) is 0 Å². The molecule has 1 aromatic carbocycles. The number of benzene rings is 1. The Labute approximate surface area is 114 Å². The highest BCUT2D eigenvalue weighted by molar-refractivity contribution is 6.08. The molecule has 2 aliphatic carbocycles. The van der Waals surface area contributed by atoms with E-state index >= 15 is 0 Å². The third-order valence-corrected chi connectivity index (χ3v) is 5.02. The lowest BCUT2D eigenvalue weighted by Crippen LogP contribution is -2.37. The molecule has 1 heterocycles. The van der Waals surface area contributed by atoms with Gasteiger partial charge in [0.05, 0.1) is 5.71 Å². The molecule has 0 saturated heterocycles. The van der Waals surface area contributed by atoms with Crippen LogP contribution in [0.2, 0.25) is 0 Å². The van der Waals surface area contributed by atoms with Crippen molar-refractivity contribution in [3.63, 3.8) is 0 Å². The Balaban J connectivity index is 1.48. The van der Waals surface area contributed by atoms with Crippen molar-refractivity contribution in [2.45, 2.75) is 31.7 Å². The summed E-state index contributed by atoms with van der Waals surface area (Å²) >= 11 is 0. The number of aliphatic imine (C=N–C) groups is 1. The molecule has 2 saturated carbocycles. The van der Waals surface area contributed by atoms with Gasteiger partial charge < -0.3 is 4.90 Å². The fraction of sp³-hybridized carbons (Fsp3) is 0.471. The van der Waals surface area contributed by atoms with Gasteiger partial charge in [-0.2, -0.15) is 0 Å². The lowest BCUT2D eigenvalue weighted by atomic mass is 9.94. The first-order chi connectivity index (χ1) is 9.40. The zero-order valence-electron chi connectivity index (χ0n) is 11.2. The van der Waals surface area contributed by atoms with E-state index < -0.39 is 0 Å². The zero-order valence-corrected chi connectivity index (χ0v) is 11.2. The smallest absolute Gasteiger partial charge is 0.110 e. The molecule has 19 heavy (non-hydrogen) atoms. The molecular weight excluding hydrogens is 232 g/mol. The molecular formula is C17H20N2. The fourth-order valence-electron chi connectivity index (χ4n) is 4.05. The summed E-state index contributed by atoms with van der Waals surface area (Å²) in [6, 6.07) is 11.2. The predicted octanol–water partition coefficient (Wildman–Crippen LogP) is 3.45. The first-order valence-corrected chi connectivity index (χ1v) is 7.44. The number of hydrogen-bond donors (Lipinski definition) is 0. The summed E-state index contributed by atoms with van der Waals surface area (Å²) in [7, 11) is 0. The minimum Gasteiger partial charge on any atom is -0.355 e. The van der Waals surface area contributed by atoms with Gasteiger partial charge in [0.15, 0.2) is 0 Å². The summed E-state index contributed by atoms with van der Waals surface area (Å²) in [6.45, 7) is 0.842. The normalized spacial score (nSPS) is 32.7. The van der Waals surface area contributed by atoms with E-state index in [1.165, 1.54) is 31.2 Å². The van der Waals surface area contributed by atoms with Crippen molar-refractivity contribution in [1.29, 1.82) is 0 Å². The lowest BCUT2D eigenvalue weighted by molar-refractivity contribution is 0.204. The third kappa shape index (κ3) is 1.99. The average molecular weight is 252 g/mol. The van der Waals surface area contributed by atoms with Crippen LogP contribution in [0, 0.1) is 11.8 Å². The SMILES string of the molecule is C1=CN(C2CC3CCC2C3)CN=C1c1ccccc1. The molecule has 2 fully saturated rings. The zero-order chi connectivity index (χ0) is 12.7. The van der Waals surface area contributed by atoms with Gasteiger partial charge in [0.2, 0.25) is 0 Å². The maximum atomic E-state index is 4.77. The monoisotopic (exact) mass is 252 g/mol. The molecule has 2 bridgehead atoms. The molecule has 0 aromatic heterocycles. The van der Waals surface area contributed by atoms with E-state index in [0.29, 0.717) is 0 Å². The molecule has 3 atom stereocenters. The Morgan fingerprint density at radius 1 is 1.05 bits per heavy atom. The van der Waals surface area contributed by atoms with E-state index in [9.17, 15) is 0 Å². The summed E-state index contributed by atoms with van der Waals surface area (Å²) in [4.78, 5) is 7.23. The molecule has 2 heteroatoms. The Kier molecular flexibility index (Phi) is 2.68. The standard InChI is InChI=1S/C17H20N2/c1-2-4-14(5-3-1)16-8-9-19(12-18-16)17-11-13-6-7-15(17)10-13/h1-5,8-9,13,15,17H,6-7,10-12H2. The van der Waals surface area contributed by atoms with E-state index in [2.05, 4.69) is 47.5 Å². The molecule has 3 unspecified atom stereocenters. The topological polar surface area (TPSA) is 15.6 Å². The molecule has 0 amide bonds. The van der Waals surface area contributed by atoms with Crippen LogP contribution in [0.5, 0.6) is 0 Å². The van der Waals surface area contributed by atoms with Crippen LogP contribution in [0.3, 0.4) is 0 Å². The second-order valence-corrected chi connectivity index (χ2v) is 6.12. The minimum atomic E-state index is 0.760. The van der Waals surface area contributed by atoms with Crippen LogP contribution in [0.15, 0.2) is 47.6 Å². The van der Waals surface area contributed by atoms with Gasteiger partial charge in [0.1, 0.15) is 6.67 Å². The Morgan fingerprint density at radius 3 is 2.58 bits per heavy atom. The Morgan fingerprint density at radius 2 is 1.95 bits per heavy atom. The number of rotatable bonds is 2. The third-order valence-electron chi connectivity index (χ3n) is 5.02. The molecule has 4 rings (SSSR count). The number of nitrogens with zero attached hydrogens (tertiary/aromatic N) is 2. The summed E-state index contributed by atoms with van der Waals surface area (Å²) in [5, 5.41) is 0. The largest absolute Gasteiger partial charge is 0.355 e. The van der Waals surface area contributed by atoms with E-state index in [1.807, 2.05) is 0 Å². The van der Waals surface area contributed by atoms with Gasteiger partial charge in [-0.25, -0.2) is 0 Å². The van der Waals surface area contributed by atoms with Crippen molar-refractivity contribution in [3.05, 3.63) is 48.2 Å². The molecule has 1 aromatic rings. The molecule has 0 radical (unpaired) electrons. The van der Waals surface area contributed by atoms with Gasteiger partial charge >= 0.3 is 0 Å². The van der Waals surface area contributed by atoms with Gasteiger partial charge in [0, 0.05) is 12.2 Å². The number of allylic oxidation sites excluding steroid dienone is 1. The van der Waals surface area contributed by atoms with E-state index in [-0.39, 0.29) is 0 Å². The van der Waals surface area contributed by atoms with Crippen LogP contribution >= 0.6 is 0 Å². The maximum absolute atomic E-state index is 4.77. The molecule has 0 N–H and O–H groups in total. The highest BCUT2D eigenvalue weighted by Crippen LogP contribution is 2.46. The second kappa shape index (κ2) is 4.52. The van der Waals surface area contributed by atoms with Crippen molar-refractivity contribution in [1.82, 2.24) is 4.90 Å². The second-order valence-electron chi connectivity index (χ2n) is 6.12. The first kappa shape index (κ1) is 11.3. The van der Waals surface area contributed by atoms with Crippen LogP contribution in [0.1, 0.15) is 31.2 Å². The van der Waals surface area contributed by atoms with Gasteiger partial charge in [0.25, 0.3) is 0 Å². The highest BCUT2D eigenvalue weighted by atomic mass is 15.2. The number of fused-ring (bicyclic) bond motifs is 2. The van der Waals surface area contributed by atoms with Gasteiger partial charge in [-0.05, 0) is 42.7 Å². The average Bonchev–Trinajstić information content (AvgIpc) is 3.11. The lowest BCUT2D eigenvalue weighted by Gasteiger charge is -2.34. The van der Waals surface area contributed by atoms with Gasteiger partial charge in [-0.1, -0.05) is 36.8 Å². The van der Waals surface area contributed by atoms with Crippen molar-refractivity contribution in [3.8, 4) is 0 Å². The minimum absolute atomic E-state index is 0.760. The van der Waals surface area contributed by atoms with Crippen molar-refractivity contribution in [2.75, 3.05) is 6.67 Å². The van der Waals surface area contributed by atoms with Gasteiger partial charge in [-0.15, -0.1) is 0 Å². The first-order valence-electron chi connectivity index (χ1n) is 7.44. The molecule has 3 aliphatic rings. The predicted molar refractivity (Wildman–Crippen MR) is 78.1 cm³/mol. The number of hydrogen-bond acceptors (Lipinski definition) is 2. The molecule has 1 aliphatic heterocycles. The van der Waals surface area contributed by atoms with Crippen LogP contribution < -0.4 is 0 Å². The maximum Gasteiger partial charge on any atom is 0.110 e. The van der Waals surface area contributed by atoms with Crippen molar-refractivity contribution in [2.24, 2.45) is 16.8 Å². The van der Waals surface area contributed by atoms with Gasteiger partial charge in [-0.3, -0.25) is 4.99 Å². The van der Waals surface area contributed by atoms with Crippen molar-refractivity contribution >= 4 is 5.71 Å². The molecule has 98 valence electrons. The van der Waals surface area contributed by atoms with Crippen LogP contribution in [-0.4, -0.2) is 23.3 Å². The summed E-state index contributed by atoms with van der Waals surface area (Å²) in [5.41, 5.74) is 2.35. The summed E-state index contributed by atoms with van der Waals surface area (Å²) < 4.78 is 0. The van der Waals surface area contributed by atoms with Crippen LogP contribution in [0.4, 0.5) is 0 Å². The Bertz CT molecular complexity index is 517. The van der Waals surface area contributed by atoms with Crippen LogP contribution in [0.25, 0.3) is 0 Å². The Hall–Kier alpha value is -1.57. The molecule has 0 spiro atoms. The quantitative estimate of drug-likeness (QED) is 0.787. The summed E-state index contributed by atoms with van der Waals surface area (Å²) in [5.74, 6) is 1.94. The highest BCUT2D eigenvalue weighted by Gasteiger charge is 2.41.